The van der Waals surface area contributed by atoms with Crippen molar-refractivity contribution in [2.45, 2.75) is 12.5 Å². The van der Waals surface area contributed by atoms with E-state index in [9.17, 15) is 9.59 Å². The van der Waals surface area contributed by atoms with Gasteiger partial charge in [-0.2, -0.15) is 0 Å². The van der Waals surface area contributed by atoms with E-state index < -0.39 is 11.9 Å². The average Bonchev–Trinajstić information content (AvgIpc) is 2.17. The first kappa shape index (κ1) is 9.98. The molecule has 1 saturated heterocycles. The number of benzene rings is 1. The molecule has 78 valence electrons. The lowest BCUT2D eigenvalue weighted by molar-refractivity contribution is -0.131. The average molecular weight is 225 g/mol. The van der Waals surface area contributed by atoms with Crippen molar-refractivity contribution in [3.05, 3.63) is 29.3 Å². The predicted octanol–water partition coefficient (Wildman–Crippen LogP) is 0.931. The maximum Gasteiger partial charge on any atom is 0.241 e. The van der Waals surface area contributed by atoms with Crippen LogP contribution in [0.1, 0.15) is 6.42 Å². The summed E-state index contributed by atoms with van der Waals surface area (Å²) in [5, 5.41) is 0.586. The summed E-state index contributed by atoms with van der Waals surface area (Å²) >= 11 is 5.72. The molecule has 15 heavy (non-hydrogen) atoms. The van der Waals surface area contributed by atoms with Crippen LogP contribution in [0.5, 0.6) is 0 Å². The molecule has 0 bridgehead atoms. The normalized spacial score (nSPS) is 19.9. The Bertz CT molecular complexity index is 416. The van der Waals surface area contributed by atoms with Gasteiger partial charge in [0.2, 0.25) is 11.8 Å². The van der Waals surface area contributed by atoms with E-state index in [1.54, 1.807) is 24.3 Å². The fourth-order valence-electron chi connectivity index (χ4n) is 1.57. The number of nitrogens with two attached hydrogens (primary N) is 1. The Kier molecular flexibility index (Phi) is 2.36. The molecule has 2 amide bonds. The lowest BCUT2D eigenvalue weighted by Gasteiger charge is -2.38. The van der Waals surface area contributed by atoms with Gasteiger partial charge in [0.1, 0.15) is 6.04 Å². The first-order valence-corrected chi connectivity index (χ1v) is 4.84. The third-order valence-electron chi connectivity index (χ3n) is 2.38. The molecule has 0 aromatic heterocycles. The second kappa shape index (κ2) is 3.55. The van der Waals surface area contributed by atoms with Gasteiger partial charge >= 0.3 is 0 Å². The largest absolute Gasteiger partial charge is 0.368 e. The number of rotatable bonds is 2. The van der Waals surface area contributed by atoms with Gasteiger partial charge in [-0.1, -0.05) is 11.6 Å². The molecule has 1 heterocycles. The highest BCUT2D eigenvalue weighted by atomic mass is 35.5. The minimum Gasteiger partial charge on any atom is -0.368 e. The SMILES string of the molecule is NC(=O)[C@@H]1CC(=O)N1c1ccc(Cl)cc1. The topological polar surface area (TPSA) is 63.4 Å². The van der Waals surface area contributed by atoms with Crippen molar-refractivity contribution in [1.82, 2.24) is 0 Å². The predicted molar refractivity (Wildman–Crippen MR) is 56.5 cm³/mol. The van der Waals surface area contributed by atoms with Gasteiger partial charge in [-0.3, -0.25) is 14.5 Å². The maximum atomic E-state index is 11.3. The standard InChI is InChI=1S/C10H9ClN2O2/c11-6-1-3-7(4-2-6)13-8(10(12)15)5-9(13)14/h1-4,8H,5H2,(H2,12,15)/t8-/m0/s1. The quantitative estimate of drug-likeness (QED) is 0.760. The molecule has 0 radical (unpaired) electrons. The Morgan fingerprint density at radius 1 is 1.40 bits per heavy atom. The molecule has 0 aliphatic carbocycles. The first-order valence-electron chi connectivity index (χ1n) is 4.46. The highest BCUT2D eigenvalue weighted by Gasteiger charge is 2.40. The highest BCUT2D eigenvalue weighted by Crippen LogP contribution is 2.28. The molecule has 1 fully saturated rings. The molecule has 4 nitrogen and oxygen atoms in total. The summed E-state index contributed by atoms with van der Waals surface area (Å²) in [6, 6.07) is 6.20. The Balaban J connectivity index is 2.26. The molecule has 5 heteroatoms. The van der Waals surface area contributed by atoms with Gasteiger partial charge in [-0.25, -0.2) is 0 Å². The van der Waals surface area contributed by atoms with Crippen molar-refractivity contribution in [1.29, 1.82) is 0 Å². The molecule has 1 aliphatic heterocycles. The molecule has 2 N–H and O–H groups in total. The zero-order valence-electron chi connectivity index (χ0n) is 7.81. The molecule has 1 aromatic rings. The van der Waals surface area contributed by atoms with Gasteiger partial charge in [0.05, 0.1) is 6.42 Å². The zero-order chi connectivity index (χ0) is 11.0. The summed E-state index contributed by atoms with van der Waals surface area (Å²) in [5.74, 6) is -0.578. The Morgan fingerprint density at radius 3 is 2.47 bits per heavy atom. The zero-order valence-corrected chi connectivity index (χ0v) is 8.57. The minimum atomic E-state index is -0.515. The van der Waals surface area contributed by atoms with Gasteiger partial charge in [-0.15, -0.1) is 0 Å². The lowest BCUT2D eigenvalue weighted by atomic mass is 10.00. The van der Waals surface area contributed by atoms with E-state index in [2.05, 4.69) is 0 Å². The Hall–Kier alpha value is -1.55. The maximum absolute atomic E-state index is 11.3. The van der Waals surface area contributed by atoms with Crippen LogP contribution in [-0.2, 0) is 9.59 Å². The minimum absolute atomic E-state index is 0.0962. The molecule has 1 aliphatic rings. The first-order chi connectivity index (χ1) is 7.09. The van der Waals surface area contributed by atoms with Crippen LogP contribution in [0.3, 0.4) is 0 Å². The van der Waals surface area contributed by atoms with Crippen molar-refractivity contribution >= 4 is 29.1 Å². The van der Waals surface area contributed by atoms with Gasteiger partial charge in [0.15, 0.2) is 0 Å². The van der Waals surface area contributed by atoms with E-state index in [0.29, 0.717) is 10.7 Å². The molecular formula is C10H9ClN2O2. The summed E-state index contributed by atoms with van der Waals surface area (Å²) in [5.41, 5.74) is 5.81. The van der Waals surface area contributed by atoms with E-state index in [4.69, 9.17) is 17.3 Å². The molecule has 0 unspecified atom stereocenters. The van der Waals surface area contributed by atoms with E-state index in [0.717, 1.165) is 0 Å². The highest BCUT2D eigenvalue weighted by molar-refractivity contribution is 6.30. The molecule has 0 saturated carbocycles. The number of hydrogen-bond acceptors (Lipinski definition) is 2. The molecule has 0 spiro atoms. The van der Waals surface area contributed by atoms with Crippen LogP contribution >= 0.6 is 11.6 Å². The number of anilines is 1. The Morgan fingerprint density at radius 2 is 2.00 bits per heavy atom. The van der Waals surface area contributed by atoms with Crippen molar-refractivity contribution in [2.24, 2.45) is 5.73 Å². The number of primary amides is 1. The van der Waals surface area contributed by atoms with E-state index in [1.807, 2.05) is 0 Å². The summed E-state index contributed by atoms with van der Waals surface area (Å²) < 4.78 is 0. The van der Waals surface area contributed by atoms with Crippen LogP contribution in [0, 0.1) is 0 Å². The Labute approximate surface area is 91.6 Å². The van der Waals surface area contributed by atoms with Crippen LogP contribution in [0.2, 0.25) is 5.02 Å². The second-order valence-corrected chi connectivity index (χ2v) is 3.80. The third kappa shape index (κ3) is 1.68. The summed E-state index contributed by atoms with van der Waals surface area (Å²) in [7, 11) is 0. The van der Waals surface area contributed by atoms with Crippen LogP contribution < -0.4 is 10.6 Å². The molecule has 2 rings (SSSR count). The number of amides is 2. The number of carbonyl (C=O) groups is 2. The van der Waals surface area contributed by atoms with Gasteiger partial charge in [0.25, 0.3) is 0 Å². The van der Waals surface area contributed by atoms with Gasteiger partial charge < -0.3 is 5.73 Å². The number of nitrogens with zero attached hydrogens (tertiary/aromatic N) is 1. The van der Waals surface area contributed by atoms with Crippen LogP contribution in [0.4, 0.5) is 5.69 Å². The van der Waals surface area contributed by atoms with E-state index in [-0.39, 0.29) is 12.3 Å². The number of carbonyl (C=O) groups excluding carboxylic acids is 2. The molecule has 1 atom stereocenters. The summed E-state index contributed by atoms with van der Waals surface area (Å²) in [6.07, 6.45) is 0.192. The fraction of sp³-hybridized carbons (Fsp3) is 0.200. The summed E-state index contributed by atoms with van der Waals surface area (Å²) in [6.45, 7) is 0. The van der Waals surface area contributed by atoms with Crippen LogP contribution in [0.15, 0.2) is 24.3 Å². The fourth-order valence-corrected chi connectivity index (χ4v) is 1.70. The number of hydrogen-bond donors (Lipinski definition) is 1. The van der Waals surface area contributed by atoms with Gasteiger partial charge in [-0.05, 0) is 24.3 Å². The van der Waals surface area contributed by atoms with Crippen molar-refractivity contribution < 1.29 is 9.59 Å². The monoisotopic (exact) mass is 224 g/mol. The summed E-state index contributed by atoms with van der Waals surface area (Å²) in [4.78, 5) is 23.7. The molecular weight excluding hydrogens is 216 g/mol. The van der Waals surface area contributed by atoms with Crippen LogP contribution in [-0.4, -0.2) is 17.9 Å². The van der Waals surface area contributed by atoms with Crippen LogP contribution in [0.25, 0.3) is 0 Å². The van der Waals surface area contributed by atoms with Crippen molar-refractivity contribution in [3.8, 4) is 0 Å². The third-order valence-corrected chi connectivity index (χ3v) is 2.63. The number of halogens is 1. The second-order valence-electron chi connectivity index (χ2n) is 3.36. The lowest BCUT2D eigenvalue weighted by Crippen LogP contribution is -2.59. The van der Waals surface area contributed by atoms with Gasteiger partial charge in [0, 0.05) is 10.7 Å². The molecule has 1 aromatic carbocycles. The smallest absolute Gasteiger partial charge is 0.241 e. The van der Waals surface area contributed by atoms with E-state index in [1.165, 1.54) is 4.90 Å². The van der Waals surface area contributed by atoms with Crippen molar-refractivity contribution in [3.63, 3.8) is 0 Å². The van der Waals surface area contributed by atoms with Crippen molar-refractivity contribution in [2.75, 3.05) is 4.90 Å². The van der Waals surface area contributed by atoms with E-state index >= 15 is 0 Å². The number of β-lactam (4-membered cyclic amide) rings is 1.